The summed E-state index contributed by atoms with van der Waals surface area (Å²) >= 11 is 0. The number of benzene rings is 1. The SMILES string of the molecule is O=C(CCc1cccnc1)N1CCc2onc(-c3ccc4c(c3)OCO4)c2C1. The Morgan fingerprint density at radius 1 is 1.18 bits per heavy atom. The first kappa shape index (κ1) is 16.8. The van der Waals surface area contributed by atoms with E-state index in [1.807, 2.05) is 35.2 Å². The van der Waals surface area contributed by atoms with Crippen LogP contribution in [0.15, 0.2) is 47.2 Å². The maximum Gasteiger partial charge on any atom is 0.231 e. The Kier molecular flexibility index (Phi) is 4.20. The number of ether oxygens (including phenoxy) is 2. The lowest BCUT2D eigenvalue weighted by Crippen LogP contribution is -2.35. The highest BCUT2D eigenvalue weighted by Gasteiger charge is 2.28. The minimum Gasteiger partial charge on any atom is -0.454 e. The van der Waals surface area contributed by atoms with E-state index < -0.39 is 0 Å². The Morgan fingerprint density at radius 2 is 2.11 bits per heavy atom. The van der Waals surface area contributed by atoms with E-state index in [1.165, 1.54) is 0 Å². The molecular formula is C21H19N3O4. The molecular weight excluding hydrogens is 358 g/mol. The van der Waals surface area contributed by atoms with Gasteiger partial charge in [0.15, 0.2) is 11.5 Å². The summed E-state index contributed by atoms with van der Waals surface area (Å²) in [4.78, 5) is 18.7. The lowest BCUT2D eigenvalue weighted by Gasteiger charge is -2.26. The highest BCUT2D eigenvalue weighted by molar-refractivity contribution is 5.77. The molecule has 7 nitrogen and oxygen atoms in total. The van der Waals surface area contributed by atoms with E-state index in [-0.39, 0.29) is 12.7 Å². The molecule has 0 fully saturated rings. The van der Waals surface area contributed by atoms with Crippen LogP contribution < -0.4 is 9.47 Å². The number of aryl methyl sites for hydroxylation is 1. The lowest BCUT2D eigenvalue weighted by molar-refractivity contribution is -0.132. The molecule has 0 saturated heterocycles. The van der Waals surface area contributed by atoms with Gasteiger partial charge in [0.1, 0.15) is 11.5 Å². The van der Waals surface area contributed by atoms with Crippen molar-refractivity contribution < 1.29 is 18.8 Å². The van der Waals surface area contributed by atoms with Crippen molar-refractivity contribution in [3.8, 4) is 22.8 Å². The third kappa shape index (κ3) is 3.09. The third-order valence-corrected chi connectivity index (χ3v) is 5.18. The molecule has 0 radical (unpaired) electrons. The van der Waals surface area contributed by atoms with E-state index >= 15 is 0 Å². The molecule has 1 amide bonds. The van der Waals surface area contributed by atoms with Crippen LogP contribution in [0, 0.1) is 0 Å². The molecule has 0 N–H and O–H groups in total. The zero-order valence-electron chi connectivity index (χ0n) is 15.3. The van der Waals surface area contributed by atoms with Crippen LogP contribution in [-0.4, -0.2) is 34.3 Å². The average Bonchev–Trinajstić information content (AvgIpc) is 3.38. The number of nitrogens with zero attached hydrogens (tertiary/aromatic N) is 3. The summed E-state index contributed by atoms with van der Waals surface area (Å²) in [5, 5.41) is 4.26. The third-order valence-electron chi connectivity index (χ3n) is 5.18. The largest absolute Gasteiger partial charge is 0.454 e. The molecule has 2 aliphatic rings. The van der Waals surface area contributed by atoms with Gasteiger partial charge in [0.2, 0.25) is 12.7 Å². The monoisotopic (exact) mass is 377 g/mol. The number of hydrogen-bond acceptors (Lipinski definition) is 6. The molecule has 0 unspecified atom stereocenters. The predicted octanol–water partition coefficient (Wildman–Crippen LogP) is 2.98. The molecule has 2 aliphatic heterocycles. The number of rotatable bonds is 4. The van der Waals surface area contributed by atoms with Crippen LogP contribution in [0.5, 0.6) is 11.5 Å². The number of pyridine rings is 1. The van der Waals surface area contributed by atoms with E-state index in [0.717, 1.165) is 33.9 Å². The van der Waals surface area contributed by atoms with Crippen molar-refractivity contribution in [2.24, 2.45) is 0 Å². The van der Waals surface area contributed by atoms with E-state index in [9.17, 15) is 4.79 Å². The molecule has 7 heteroatoms. The van der Waals surface area contributed by atoms with Gasteiger partial charge in [-0.1, -0.05) is 11.2 Å². The van der Waals surface area contributed by atoms with Gasteiger partial charge in [-0.15, -0.1) is 0 Å². The fourth-order valence-electron chi connectivity index (χ4n) is 3.65. The Balaban J connectivity index is 1.33. The first-order chi connectivity index (χ1) is 13.8. The maximum atomic E-state index is 12.7. The Hall–Kier alpha value is -3.35. The van der Waals surface area contributed by atoms with E-state index in [4.69, 9.17) is 14.0 Å². The molecule has 5 rings (SSSR count). The molecule has 2 aromatic heterocycles. The zero-order chi connectivity index (χ0) is 18.9. The average molecular weight is 377 g/mol. The lowest BCUT2D eigenvalue weighted by atomic mass is 10.0. The summed E-state index contributed by atoms with van der Waals surface area (Å²) in [7, 11) is 0. The molecule has 0 bridgehead atoms. The van der Waals surface area contributed by atoms with Gasteiger partial charge < -0.3 is 18.9 Å². The summed E-state index contributed by atoms with van der Waals surface area (Å²) in [5.74, 6) is 2.42. The van der Waals surface area contributed by atoms with Crippen LogP contribution in [0.3, 0.4) is 0 Å². The molecule has 0 aliphatic carbocycles. The van der Waals surface area contributed by atoms with Gasteiger partial charge in [0.25, 0.3) is 0 Å². The summed E-state index contributed by atoms with van der Waals surface area (Å²) < 4.78 is 16.4. The molecule has 28 heavy (non-hydrogen) atoms. The number of carbonyl (C=O) groups is 1. The van der Waals surface area contributed by atoms with E-state index in [0.29, 0.717) is 38.1 Å². The zero-order valence-corrected chi connectivity index (χ0v) is 15.3. The van der Waals surface area contributed by atoms with E-state index in [1.54, 1.807) is 12.4 Å². The Bertz CT molecular complexity index is 1020. The van der Waals surface area contributed by atoms with Gasteiger partial charge in [0.05, 0.1) is 6.54 Å². The number of amides is 1. The van der Waals surface area contributed by atoms with Crippen LogP contribution in [0.1, 0.15) is 23.3 Å². The first-order valence-electron chi connectivity index (χ1n) is 9.32. The van der Waals surface area contributed by atoms with Crippen LogP contribution in [-0.2, 0) is 24.2 Å². The molecule has 1 aromatic carbocycles. The minimum atomic E-state index is 0.132. The van der Waals surface area contributed by atoms with Crippen molar-refractivity contribution in [1.82, 2.24) is 15.0 Å². The van der Waals surface area contributed by atoms with Gasteiger partial charge in [0, 0.05) is 42.9 Å². The highest BCUT2D eigenvalue weighted by atomic mass is 16.7. The van der Waals surface area contributed by atoms with Gasteiger partial charge in [-0.2, -0.15) is 0 Å². The fourth-order valence-corrected chi connectivity index (χ4v) is 3.65. The van der Waals surface area contributed by atoms with Gasteiger partial charge in [-0.05, 0) is 36.2 Å². The van der Waals surface area contributed by atoms with Crippen molar-refractivity contribution in [2.75, 3.05) is 13.3 Å². The smallest absolute Gasteiger partial charge is 0.231 e. The van der Waals surface area contributed by atoms with E-state index in [2.05, 4.69) is 10.1 Å². The predicted molar refractivity (Wildman–Crippen MR) is 99.7 cm³/mol. The Morgan fingerprint density at radius 3 is 3.00 bits per heavy atom. The second kappa shape index (κ2) is 6.99. The van der Waals surface area contributed by atoms with Crippen molar-refractivity contribution in [1.29, 1.82) is 0 Å². The van der Waals surface area contributed by atoms with Crippen LogP contribution in [0.25, 0.3) is 11.3 Å². The summed E-state index contributed by atoms with van der Waals surface area (Å²) in [6, 6.07) is 9.60. The highest BCUT2D eigenvalue weighted by Crippen LogP contribution is 2.38. The van der Waals surface area contributed by atoms with Crippen LogP contribution in [0.2, 0.25) is 0 Å². The normalized spacial score (nSPS) is 14.8. The standard InChI is InChI=1S/C21H19N3O4/c25-20(6-3-14-2-1-8-22-11-14)24-9-7-17-16(12-24)21(23-28-17)15-4-5-18-19(10-15)27-13-26-18/h1-2,4-5,8,10-11H,3,6-7,9,12-13H2. The van der Waals surface area contributed by atoms with Crippen LogP contribution >= 0.6 is 0 Å². The molecule has 142 valence electrons. The number of hydrogen-bond donors (Lipinski definition) is 0. The van der Waals surface area contributed by atoms with Gasteiger partial charge in [-0.25, -0.2) is 0 Å². The minimum absolute atomic E-state index is 0.132. The maximum absolute atomic E-state index is 12.7. The summed E-state index contributed by atoms with van der Waals surface area (Å²) in [5.41, 5.74) is 3.70. The topological polar surface area (TPSA) is 77.7 Å². The molecule has 0 saturated carbocycles. The number of aromatic nitrogens is 2. The fraction of sp³-hybridized carbons (Fsp3) is 0.286. The number of fused-ring (bicyclic) bond motifs is 2. The quantitative estimate of drug-likeness (QED) is 0.696. The van der Waals surface area contributed by atoms with Gasteiger partial charge in [-0.3, -0.25) is 9.78 Å². The van der Waals surface area contributed by atoms with Crippen molar-refractivity contribution in [3.63, 3.8) is 0 Å². The van der Waals surface area contributed by atoms with Gasteiger partial charge >= 0.3 is 0 Å². The molecule has 4 heterocycles. The second-order valence-electron chi connectivity index (χ2n) is 6.93. The number of carbonyl (C=O) groups excluding carboxylic acids is 1. The van der Waals surface area contributed by atoms with Crippen molar-refractivity contribution in [3.05, 3.63) is 59.6 Å². The van der Waals surface area contributed by atoms with Crippen LogP contribution in [0.4, 0.5) is 0 Å². The second-order valence-corrected chi connectivity index (χ2v) is 6.93. The summed E-state index contributed by atoms with van der Waals surface area (Å²) in [6.07, 6.45) is 5.37. The van der Waals surface area contributed by atoms with Crippen molar-refractivity contribution >= 4 is 5.91 Å². The molecule has 0 spiro atoms. The summed E-state index contributed by atoms with van der Waals surface area (Å²) in [6.45, 7) is 1.39. The molecule has 3 aromatic rings. The first-order valence-corrected chi connectivity index (χ1v) is 9.32. The Labute approximate surface area is 161 Å². The molecule has 0 atom stereocenters. The van der Waals surface area contributed by atoms with Crippen molar-refractivity contribution in [2.45, 2.75) is 25.8 Å².